The maximum atomic E-state index is 6.14. The van der Waals surface area contributed by atoms with E-state index in [0.29, 0.717) is 0 Å². The summed E-state index contributed by atoms with van der Waals surface area (Å²) in [5, 5.41) is 5.57. The number of hydrogen-bond donors (Lipinski definition) is 1. The third kappa shape index (κ3) is 1.87. The largest absolute Gasteiger partial charge is 0.323 e. The van der Waals surface area contributed by atoms with Crippen LogP contribution in [0.2, 0.25) is 0 Å². The molecule has 0 radical (unpaired) electrons. The van der Waals surface area contributed by atoms with E-state index in [-0.39, 0.29) is 6.04 Å². The molecule has 2 aromatic heterocycles. The first-order valence-electron chi connectivity index (χ1n) is 6.47. The molecule has 4 nitrogen and oxygen atoms in total. The monoisotopic (exact) mass is 262 g/mol. The maximum Gasteiger partial charge on any atom is 0.127 e. The number of hydrogen-bond acceptors (Lipinski definition) is 4. The molecule has 2 N–H and O–H groups in total. The van der Waals surface area contributed by atoms with Crippen LogP contribution in [0.3, 0.4) is 0 Å². The van der Waals surface area contributed by atoms with Gasteiger partial charge in [0.05, 0.1) is 17.0 Å². The van der Waals surface area contributed by atoms with Crippen LogP contribution in [0.1, 0.15) is 42.1 Å². The van der Waals surface area contributed by atoms with Crippen molar-refractivity contribution in [3.63, 3.8) is 0 Å². The Hall–Kier alpha value is -1.20. The van der Waals surface area contributed by atoms with Gasteiger partial charge < -0.3 is 5.73 Å². The molecule has 0 fully saturated rings. The number of rotatable bonds is 2. The topological polar surface area (TPSA) is 56.7 Å². The molecule has 0 amide bonds. The Bertz CT molecular complexity index is 570. The summed E-state index contributed by atoms with van der Waals surface area (Å²) in [6.45, 7) is 2.13. The lowest BCUT2D eigenvalue weighted by Crippen LogP contribution is -2.16. The molecule has 1 unspecified atom stereocenters. The zero-order chi connectivity index (χ0) is 12.7. The summed E-state index contributed by atoms with van der Waals surface area (Å²) in [6.07, 6.45) is 6.37. The van der Waals surface area contributed by atoms with Gasteiger partial charge in [0.15, 0.2) is 0 Å². The normalized spacial score (nSPS) is 18.9. The minimum Gasteiger partial charge on any atom is -0.323 e. The second-order valence-electron chi connectivity index (χ2n) is 4.84. The van der Waals surface area contributed by atoms with Crippen molar-refractivity contribution in [3.05, 3.63) is 22.5 Å². The van der Waals surface area contributed by atoms with Gasteiger partial charge in [-0.05, 0) is 25.7 Å². The Morgan fingerprint density at radius 2 is 2.39 bits per heavy atom. The van der Waals surface area contributed by atoms with Crippen molar-refractivity contribution in [1.29, 1.82) is 0 Å². The van der Waals surface area contributed by atoms with E-state index in [2.05, 4.69) is 18.2 Å². The van der Waals surface area contributed by atoms with Crippen LogP contribution in [0, 0.1) is 0 Å². The van der Waals surface area contributed by atoms with E-state index in [1.54, 1.807) is 11.3 Å². The third-order valence-electron chi connectivity index (χ3n) is 3.47. The Morgan fingerprint density at radius 3 is 3.11 bits per heavy atom. The zero-order valence-electron chi connectivity index (χ0n) is 10.8. The van der Waals surface area contributed by atoms with Crippen molar-refractivity contribution in [2.45, 2.75) is 38.6 Å². The number of nitrogens with two attached hydrogens (primary N) is 1. The molecule has 1 aliphatic carbocycles. The van der Waals surface area contributed by atoms with E-state index in [4.69, 9.17) is 10.7 Å². The predicted octanol–water partition coefficient (Wildman–Crippen LogP) is 2.44. The molecular formula is C13H18N4S. The lowest BCUT2D eigenvalue weighted by molar-refractivity contribution is 0.564. The van der Waals surface area contributed by atoms with Crippen LogP contribution in [0.4, 0.5) is 0 Å². The number of aryl methyl sites for hydroxylation is 3. The highest BCUT2D eigenvalue weighted by Crippen LogP contribution is 2.36. The van der Waals surface area contributed by atoms with Crippen molar-refractivity contribution >= 4 is 11.3 Å². The summed E-state index contributed by atoms with van der Waals surface area (Å²) in [7, 11) is 1.96. The Kier molecular flexibility index (Phi) is 2.95. The highest BCUT2D eigenvalue weighted by Gasteiger charge is 2.23. The summed E-state index contributed by atoms with van der Waals surface area (Å²) in [4.78, 5) is 6.13. The molecule has 0 saturated carbocycles. The first-order chi connectivity index (χ1) is 8.69. The molecule has 18 heavy (non-hydrogen) atoms. The van der Waals surface area contributed by atoms with E-state index in [1.807, 2.05) is 11.7 Å². The molecule has 0 bridgehead atoms. The Labute approximate surface area is 111 Å². The average Bonchev–Trinajstić information content (AvgIpc) is 2.92. The van der Waals surface area contributed by atoms with Crippen molar-refractivity contribution in [2.75, 3.05) is 0 Å². The summed E-state index contributed by atoms with van der Waals surface area (Å²) in [5.74, 6) is 0. The van der Waals surface area contributed by atoms with Crippen LogP contribution in [-0.4, -0.2) is 14.8 Å². The number of nitrogens with zero attached hydrogens (tertiary/aromatic N) is 3. The van der Waals surface area contributed by atoms with Gasteiger partial charge in [0.1, 0.15) is 5.01 Å². The standard InChI is InChI=1S/C13H18N4S/c1-3-10-8(7-17(2)16-10)13-15-12-9(14)5-4-6-11(12)18-13/h7,9H,3-6,14H2,1-2H3. The second-order valence-corrected chi connectivity index (χ2v) is 5.93. The van der Waals surface area contributed by atoms with Crippen molar-refractivity contribution in [2.24, 2.45) is 12.8 Å². The molecule has 3 rings (SSSR count). The van der Waals surface area contributed by atoms with E-state index in [1.165, 1.54) is 16.9 Å². The molecule has 0 saturated heterocycles. The van der Waals surface area contributed by atoms with Crippen molar-refractivity contribution < 1.29 is 0 Å². The molecule has 0 spiro atoms. The Morgan fingerprint density at radius 1 is 1.56 bits per heavy atom. The van der Waals surface area contributed by atoms with Crippen molar-refractivity contribution in [1.82, 2.24) is 14.8 Å². The van der Waals surface area contributed by atoms with Gasteiger partial charge in [-0.2, -0.15) is 5.10 Å². The fourth-order valence-corrected chi connectivity index (χ4v) is 3.75. The smallest absolute Gasteiger partial charge is 0.127 e. The number of thiazole rings is 1. The number of aromatic nitrogens is 3. The molecule has 5 heteroatoms. The lowest BCUT2D eigenvalue weighted by Gasteiger charge is -2.15. The van der Waals surface area contributed by atoms with Gasteiger partial charge in [-0.3, -0.25) is 4.68 Å². The van der Waals surface area contributed by atoms with Gasteiger partial charge in [0, 0.05) is 24.2 Å². The van der Waals surface area contributed by atoms with Gasteiger partial charge in [0.25, 0.3) is 0 Å². The van der Waals surface area contributed by atoms with Crippen LogP contribution in [-0.2, 0) is 19.9 Å². The quantitative estimate of drug-likeness (QED) is 0.904. The van der Waals surface area contributed by atoms with Gasteiger partial charge in [-0.1, -0.05) is 6.92 Å². The highest BCUT2D eigenvalue weighted by molar-refractivity contribution is 7.15. The zero-order valence-corrected chi connectivity index (χ0v) is 11.6. The molecule has 0 aliphatic heterocycles. The van der Waals surface area contributed by atoms with Crippen LogP contribution in [0.25, 0.3) is 10.6 Å². The van der Waals surface area contributed by atoms with Gasteiger partial charge in [0.2, 0.25) is 0 Å². The third-order valence-corrected chi connectivity index (χ3v) is 4.63. The number of fused-ring (bicyclic) bond motifs is 1. The maximum absolute atomic E-state index is 6.14. The van der Waals surface area contributed by atoms with Crippen LogP contribution in [0.15, 0.2) is 6.20 Å². The molecule has 0 aromatic carbocycles. The summed E-state index contributed by atoms with van der Waals surface area (Å²) < 4.78 is 1.87. The molecule has 1 atom stereocenters. The van der Waals surface area contributed by atoms with E-state index >= 15 is 0 Å². The van der Waals surface area contributed by atoms with Gasteiger partial charge in [-0.15, -0.1) is 11.3 Å². The van der Waals surface area contributed by atoms with E-state index in [0.717, 1.165) is 35.7 Å². The average molecular weight is 262 g/mol. The predicted molar refractivity (Wildman–Crippen MR) is 73.6 cm³/mol. The van der Waals surface area contributed by atoms with Crippen molar-refractivity contribution in [3.8, 4) is 10.6 Å². The SMILES string of the molecule is CCc1nn(C)cc1-c1nc2c(s1)CCCC2N. The molecule has 1 aliphatic rings. The molecular weight excluding hydrogens is 244 g/mol. The summed E-state index contributed by atoms with van der Waals surface area (Å²) >= 11 is 1.79. The van der Waals surface area contributed by atoms with Gasteiger partial charge >= 0.3 is 0 Å². The summed E-state index contributed by atoms with van der Waals surface area (Å²) in [6, 6.07) is 0.125. The molecule has 96 valence electrons. The first-order valence-corrected chi connectivity index (χ1v) is 7.28. The minimum atomic E-state index is 0.125. The molecule has 2 heterocycles. The van der Waals surface area contributed by atoms with E-state index < -0.39 is 0 Å². The fraction of sp³-hybridized carbons (Fsp3) is 0.538. The van der Waals surface area contributed by atoms with Crippen LogP contribution >= 0.6 is 11.3 Å². The van der Waals surface area contributed by atoms with E-state index in [9.17, 15) is 0 Å². The summed E-state index contributed by atoms with van der Waals surface area (Å²) in [5.41, 5.74) is 9.55. The Balaban J connectivity index is 2.07. The minimum absolute atomic E-state index is 0.125. The first kappa shape index (κ1) is 11.9. The highest BCUT2D eigenvalue weighted by atomic mass is 32.1. The fourth-order valence-electron chi connectivity index (χ4n) is 2.54. The van der Waals surface area contributed by atoms with Gasteiger partial charge in [-0.25, -0.2) is 4.98 Å². The van der Waals surface area contributed by atoms with Crippen LogP contribution in [0.5, 0.6) is 0 Å². The van der Waals surface area contributed by atoms with Crippen LogP contribution < -0.4 is 5.73 Å². The lowest BCUT2D eigenvalue weighted by atomic mass is 9.99. The molecule has 2 aromatic rings. The second kappa shape index (κ2) is 4.48.